The van der Waals surface area contributed by atoms with Crippen molar-refractivity contribution in [1.82, 2.24) is 10.2 Å². The van der Waals surface area contributed by atoms with Gasteiger partial charge in [-0.15, -0.1) is 0 Å². The summed E-state index contributed by atoms with van der Waals surface area (Å²) < 4.78 is 5.23. The predicted molar refractivity (Wildman–Crippen MR) is 53.0 cm³/mol. The van der Waals surface area contributed by atoms with Crippen molar-refractivity contribution >= 4 is 5.91 Å². The molecule has 0 aromatic rings. The first-order valence-corrected chi connectivity index (χ1v) is 5.30. The summed E-state index contributed by atoms with van der Waals surface area (Å²) in [6.07, 6.45) is 2.09. The van der Waals surface area contributed by atoms with Crippen molar-refractivity contribution in [1.29, 1.82) is 0 Å². The van der Waals surface area contributed by atoms with Gasteiger partial charge in [-0.1, -0.05) is 0 Å². The van der Waals surface area contributed by atoms with Crippen molar-refractivity contribution in [3.8, 4) is 0 Å². The Morgan fingerprint density at radius 3 is 2.57 bits per heavy atom. The average molecular weight is 198 g/mol. The molecule has 0 spiro atoms. The van der Waals surface area contributed by atoms with Crippen molar-refractivity contribution in [2.75, 3.05) is 39.9 Å². The molecule has 4 heteroatoms. The average Bonchev–Trinajstić information content (AvgIpc) is 3.00. The molecule has 1 saturated heterocycles. The third-order valence-electron chi connectivity index (χ3n) is 3.12. The predicted octanol–water partition coefficient (Wildman–Crippen LogP) is -0.155. The summed E-state index contributed by atoms with van der Waals surface area (Å²) >= 11 is 0. The van der Waals surface area contributed by atoms with Gasteiger partial charge in [0.15, 0.2) is 0 Å². The summed E-state index contributed by atoms with van der Waals surface area (Å²) in [6, 6.07) is 0. The number of nitrogens with one attached hydrogen (secondary N) is 1. The second-order valence-electron chi connectivity index (χ2n) is 4.22. The molecular weight excluding hydrogens is 180 g/mol. The number of ether oxygens (including phenoxy) is 1. The summed E-state index contributed by atoms with van der Waals surface area (Å²) in [4.78, 5) is 14.1. The van der Waals surface area contributed by atoms with Gasteiger partial charge in [0.05, 0.1) is 18.6 Å². The summed E-state index contributed by atoms with van der Waals surface area (Å²) in [6.45, 7) is 3.75. The van der Waals surface area contributed by atoms with E-state index in [1.54, 1.807) is 0 Å². The van der Waals surface area contributed by atoms with Gasteiger partial charge in [-0.25, -0.2) is 0 Å². The van der Waals surface area contributed by atoms with E-state index in [4.69, 9.17) is 4.74 Å². The molecule has 80 valence electrons. The molecule has 1 saturated carbocycles. The molecule has 4 nitrogen and oxygen atoms in total. The van der Waals surface area contributed by atoms with E-state index in [-0.39, 0.29) is 5.41 Å². The first-order chi connectivity index (χ1) is 6.78. The molecule has 0 radical (unpaired) electrons. The zero-order valence-electron chi connectivity index (χ0n) is 8.71. The quantitative estimate of drug-likeness (QED) is 0.685. The van der Waals surface area contributed by atoms with E-state index in [1.165, 1.54) is 0 Å². The minimum absolute atomic E-state index is 0.0634. The van der Waals surface area contributed by atoms with Gasteiger partial charge in [0.1, 0.15) is 0 Å². The number of rotatable bonds is 3. The Morgan fingerprint density at radius 2 is 2.07 bits per heavy atom. The van der Waals surface area contributed by atoms with Gasteiger partial charge in [-0.05, 0) is 19.9 Å². The van der Waals surface area contributed by atoms with Crippen molar-refractivity contribution in [3.05, 3.63) is 0 Å². The number of nitrogens with zero attached hydrogens (tertiary/aromatic N) is 1. The Morgan fingerprint density at radius 1 is 1.43 bits per heavy atom. The highest BCUT2D eigenvalue weighted by Gasteiger charge is 2.51. The van der Waals surface area contributed by atoms with Gasteiger partial charge in [-0.2, -0.15) is 0 Å². The fourth-order valence-corrected chi connectivity index (χ4v) is 2.06. The van der Waals surface area contributed by atoms with Crippen LogP contribution >= 0.6 is 0 Å². The van der Waals surface area contributed by atoms with Crippen molar-refractivity contribution in [2.24, 2.45) is 5.41 Å². The topological polar surface area (TPSA) is 41.6 Å². The molecule has 0 aromatic heterocycles. The highest BCUT2D eigenvalue weighted by Crippen LogP contribution is 2.46. The lowest BCUT2D eigenvalue weighted by molar-refractivity contribution is -0.141. The van der Waals surface area contributed by atoms with Crippen LogP contribution in [0, 0.1) is 5.41 Å². The van der Waals surface area contributed by atoms with E-state index in [0.29, 0.717) is 19.1 Å². The molecule has 2 fully saturated rings. The SMILES string of the molecule is CNCC1(C(=O)N2CCOCC2)CC1. The molecule has 1 N–H and O–H groups in total. The lowest BCUT2D eigenvalue weighted by Crippen LogP contribution is -2.46. The van der Waals surface area contributed by atoms with Crippen LogP contribution in [0.4, 0.5) is 0 Å². The Labute approximate surface area is 84.6 Å². The van der Waals surface area contributed by atoms with Gasteiger partial charge in [0.25, 0.3) is 0 Å². The molecule has 2 rings (SSSR count). The van der Waals surface area contributed by atoms with E-state index < -0.39 is 0 Å². The van der Waals surface area contributed by atoms with Crippen molar-refractivity contribution < 1.29 is 9.53 Å². The maximum atomic E-state index is 12.1. The molecule has 14 heavy (non-hydrogen) atoms. The normalized spacial score (nSPS) is 24.8. The summed E-state index contributed by atoms with van der Waals surface area (Å²) in [7, 11) is 1.91. The number of hydrogen-bond acceptors (Lipinski definition) is 3. The van der Waals surface area contributed by atoms with Crippen LogP contribution in [0.2, 0.25) is 0 Å². The lowest BCUT2D eigenvalue weighted by atomic mass is 10.1. The first kappa shape index (κ1) is 9.93. The van der Waals surface area contributed by atoms with Gasteiger partial charge >= 0.3 is 0 Å². The third kappa shape index (κ3) is 1.77. The fourth-order valence-electron chi connectivity index (χ4n) is 2.06. The Balaban J connectivity index is 1.93. The second-order valence-corrected chi connectivity index (χ2v) is 4.22. The fraction of sp³-hybridized carbons (Fsp3) is 0.900. The Hall–Kier alpha value is -0.610. The molecule has 1 amide bonds. The summed E-state index contributed by atoms with van der Waals surface area (Å²) in [5.74, 6) is 0.329. The molecule has 0 unspecified atom stereocenters. The third-order valence-corrected chi connectivity index (χ3v) is 3.12. The molecular formula is C10H18N2O2. The smallest absolute Gasteiger partial charge is 0.230 e. The highest BCUT2D eigenvalue weighted by atomic mass is 16.5. The van der Waals surface area contributed by atoms with Crippen molar-refractivity contribution in [2.45, 2.75) is 12.8 Å². The number of hydrogen-bond donors (Lipinski definition) is 1. The first-order valence-electron chi connectivity index (χ1n) is 5.30. The van der Waals surface area contributed by atoms with E-state index in [0.717, 1.165) is 32.5 Å². The van der Waals surface area contributed by atoms with Gasteiger partial charge in [-0.3, -0.25) is 4.79 Å². The zero-order chi connectivity index (χ0) is 10.0. The van der Waals surface area contributed by atoms with Gasteiger partial charge < -0.3 is 15.0 Å². The van der Waals surface area contributed by atoms with Crippen LogP contribution in [0.5, 0.6) is 0 Å². The minimum atomic E-state index is -0.0634. The molecule has 2 aliphatic rings. The van der Waals surface area contributed by atoms with Crippen LogP contribution in [0.25, 0.3) is 0 Å². The number of carbonyl (C=O) groups excluding carboxylic acids is 1. The van der Waals surface area contributed by atoms with Crippen LogP contribution in [-0.4, -0.2) is 50.7 Å². The van der Waals surface area contributed by atoms with Crippen LogP contribution in [0.1, 0.15) is 12.8 Å². The monoisotopic (exact) mass is 198 g/mol. The van der Waals surface area contributed by atoms with Crippen LogP contribution in [0.3, 0.4) is 0 Å². The second kappa shape index (κ2) is 3.87. The number of amides is 1. The largest absolute Gasteiger partial charge is 0.378 e. The van der Waals surface area contributed by atoms with Crippen molar-refractivity contribution in [3.63, 3.8) is 0 Å². The zero-order valence-corrected chi connectivity index (χ0v) is 8.71. The summed E-state index contributed by atoms with van der Waals surface area (Å²) in [5.41, 5.74) is -0.0634. The Kier molecular flexibility index (Phi) is 2.74. The molecule has 0 bridgehead atoms. The standard InChI is InChI=1S/C10H18N2O2/c1-11-8-10(2-3-10)9(13)12-4-6-14-7-5-12/h11H,2-8H2,1H3. The lowest BCUT2D eigenvalue weighted by Gasteiger charge is -2.30. The maximum Gasteiger partial charge on any atom is 0.230 e. The van der Waals surface area contributed by atoms with E-state index in [1.807, 2.05) is 11.9 Å². The van der Waals surface area contributed by atoms with Crippen LogP contribution in [-0.2, 0) is 9.53 Å². The van der Waals surface area contributed by atoms with E-state index >= 15 is 0 Å². The van der Waals surface area contributed by atoms with Gasteiger partial charge in [0, 0.05) is 19.6 Å². The van der Waals surface area contributed by atoms with Gasteiger partial charge in [0.2, 0.25) is 5.91 Å². The highest BCUT2D eigenvalue weighted by molar-refractivity contribution is 5.85. The molecule has 1 aliphatic heterocycles. The number of carbonyl (C=O) groups is 1. The molecule has 0 atom stereocenters. The molecule has 1 heterocycles. The summed E-state index contributed by atoms with van der Waals surface area (Å²) in [5, 5.41) is 3.11. The minimum Gasteiger partial charge on any atom is -0.378 e. The van der Waals surface area contributed by atoms with E-state index in [2.05, 4.69) is 5.32 Å². The maximum absolute atomic E-state index is 12.1. The molecule has 1 aliphatic carbocycles. The molecule has 0 aromatic carbocycles. The number of morpholine rings is 1. The van der Waals surface area contributed by atoms with E-state index in [9.17, 15) is 4.79 Å². The van der Waals surface area contributed by atoms with Crippen LogP contribution in [0.15, 0.2) is 0 Å². The Bertz CT molecular complexity index is 220. The van der Waals surface area contributed by atoms with Crippen LogP contribution < -0.4 is 5.32 Å².